The van der Waals surface area contributed by atoms with Crippen molar-refractivity contribution in [3.8, 4) is 0 Å². The van der Waals surface area contributed by atoms with Crippen molar-refractivity contribution in [1.29, 1.82) is 0 Å². The second kappa shape index (κ2) is 7.07. The van der Waals surface area contributed by atoms with Gasteiger partial charge >= 0.3 is 0 Å². The van der Waals surface area contributed by atoms with E-state index in [0.717, 1.165) is 12.1 Å². The lowest BCUT2D eigenvalue weighted by Gasteiger charge is -2.20. The minimum absolute atomic E-state index is 0.174. The molecule has 1 unspecified atom stereocenters. The molecule has 2 aromatic rings. The minimum atomic E-state index is -0.287. The number of hydrogen-bond donors (Lipinski definition) is 1. The summed E-state index contributed by atoms with van der Waals surface area (Å²) in [5.74, 6) is -0.287. The van der Waals surface area contributed by atoms with Gasteiger partial charge in [0.1, 0.15) is 5.82 Å². The van der Waals surface area contributed by atoms with E-state index >= 15 is 0 Å². The van der Waals surface area contributed by atoms with Crippen LogP contribution in [0.25, 0.3) is 0 Å². The van der Waals surface area contributed by atoms with Crippen molar-refractivity contribution in [2.24, 2.45) is 0 Å². The Morgan fingerprint density at radius 3 is 2.55 bits per heavy atom. The third kappa shape index (κ3) is 3.72. The summed E-state index contributed by atoms with van der Waals surface area (Å²) in [6, 6.07) is 12.2. The van der Waals surface area contributed by atoms with Crippen LogP contribution in [0.3, 0.4) is 0 Å². The molecule has 0 spiro atoms. The van der Waals surface area contributed by atoms with Gasteiger partial charge < -0.3 is 5.32 Å². The van der Waals surface area contributed by atoms with Gasteiger partial charge in [-0.2, -0.15) is 0 Å². The zero-order valence-electron chi connectivity index (χ0n) is 11.2. The molecule has 0 radical (unpaired) electrons. The van der Waals surface area contributed by atoms with Crippen molar-refractivity contribution in [3.63, 3.8) is 0 Å². The first-order chi connectivity index (χ1) is 9.61. The standard InChI is InChI=1S/C16H16Cl2FN/c1-2-20-15(10-11-5-3-6-12(17)9-11)16-13(18)7-4-8-14(16)19/h3-9,15,20H,2,10H2,1H3. The van der Waals surface area contributed by atoms with Crippen LogP contribution < -0.4 is 5.32 Å². The highest BCUT2D eigenvalue weighted by Gasteiger charge is 2.18. The summed E-state index contributed by atoms with van der Waals surface area (Å²) in [6.07, 6.45) is 0.634. The predicted molar refractivity (Wildman–Crippen MR) is 83.0 cm³/mol. The Kier molecular flexibility index (Phi) is 5.41. The predicted octanol–water partition coefficient (Wildman–Crippen LogP) is 5.03. The lowest BCUT2D eigenvalue weighted by atomic mass is 9.98. The third-order valence-corrected chi connectivity index (χ3v) is 3.69. The van der Waals surface area contributed by atoms with E-state index in [0.29, 0.717) is 22.0 Å². The molecule has 106 valence electrons. The molecule has 4 heteroatoms. The molecule has 0 saturated heterocycles. The Labute approximate surface area is 128 Å². The Bertz CT molecular complexity index is 566. The molecule has 2 rings (SSSR count). The van der Waals surface area contributed by atoms with Crippen molar-refractivity contribution >= 4 is 23.2 Å². The number of benzene rings is 2. The Hall–Kier alpha value is -1.09. The van der Waals surface area contributed by atoms with Crippen molar-refractivity contribution in [2.45, 2.75) is 19.4 Å². The lowest BCUT2D eigenvalue weighted by Crippen LogP contribution is -2.24. The summed E-state index contributed by atoms with van der Waals surface area (Å²) in [5.41, 5.74) is 1.55. The monoisotopic (exact) mass is 311 g/mol. The molecule has 1 N–H and O–H groups in total. The van der Waals surface area contributed by atoms with Gasteiger partial charge in [-0.1, -0.05) is 48.3 Å². The highest BCUT2D eigenvalue weighted by atomic mass is 35.5. The second-order valence-electron chi connectivity index (χ2n) is 4.58. The Morgan fingerprint density at radius 2 is 1.90 bits per heavy atom. The molecular weight excluding hydrogens is 296 g/mol. The van der Waals surface area contributed by atoms with Gasteiger partial charge in [-0.15, -0.1) is 0 Å². The fraction of sp³-hybridized carbons (Fsp3) is 0.250. The number of halogens is 3. The fourth-order valence-electron chi connectivity index (χ4n) is 2.27. The van der Waals surface area contributed by atoms with E-state index in [4.69, 9.17) is 23.2 Å². The molecule has 0 aliphatic heterocycles. The van der Waals surface area contributed by atoms with Gasteiger partial charge in [0.05, 0.1) is 0 Å². The maximum atomic E-state index is 14.1. The van der Waals surface area contributed by atoms with Crippen LogP contribution in [0.15, 0.2) is 42.5 Å². The van der Waals surface area contributed by atoms with Crippen LogP contribution in [0.5, 0.6) is 0 Å². The molecule has 2 aromatic carbocycles. The first-order valence-electron chi connectivity index (χ1n) is 6.53. The quantitative estimate of drug-likeness (QED) is 0.817. The zero-order valence-corrected chi connectivity index (χ0v) is 12.7. The Morgan fingerprint density at radius 1 is 1.15 bits per heavy atom. The van der Waals surface area contributed by atoms with Crippen molar-refractivity contribution in [1.82, 2.24) is 5.32 Å². The normalized spacial score (nSPS) is 12.4. The summed E-state index contributed by atoms with van der Waals surface area (Å²) in [7, 11) is 0. The van der Waals surface area contributed by atoms with Crippen LogP contribution in [0, 0.1) is 5.82 Å². The molecule has 20 heavy (non-hydrogen) atoms. The summed E-state index contributed by atoms with van der Waals surface area (Å²) in [5, 5.41) is 4.40. The van der Waals surface area contributed by atoms with Crippen molar-refractivity contribution in [3.05, 3.63) is 69.5 Å². The number of nitrogens with one attached hydrogen (secondary N) is 1. The van der Waals surface area contributed by atoms with Crippen LogP contribution in [0.2, 0.25) is 10.0 Å². The Balaban J connectivity index is 2.32. The maximum absolute atomic E-state index is 14.1. The van der Waals surface area contributed by atoms with E-state index in [2.05, 4.69) is 5.32 Å². The van der Waals surface area contributed by atoms with Crippen LogP contribution in [0.4, 0.5) is 4.39 Å². The first-order valence-corrected chi connectivity index (χ1v) is 7.29. The second-order valence-corrected chi connectivity index (χ2v) is 5.42. The summed E-state index contributed by atoms with van der Waals surface area (Å²) >= 11 is 12.1. The van der Waals surface area contributed by atoms with Gasteiger partial charge in [0.15, 0.2) is 0 Å². The van der Waals surface area contributed by atoms with E-state index < -0.39 is 0 Å². The number of likely N-dealkylation sites (N-methyl/N-ethyl adjacent to an activating group) is 1. The van der Waals surface area contributed by atoms with Gasteiger partial charge in [-0.3, -0.25) is 0 Å². The van der Waals surface area contributed by atoms with Crippen LogP contribution in [-0.4, -0.2) is 6.54 Å². The SMILES string of the molecule is CCNC(Cc1cccc(Cl)c1)c1c(F)cccc1Cl. The molecule has 0 aliphatic rings. The highest BCUT2D eigenvalue weighted by Crippen LogP contribution is 2.28. The molecule has 0 amide bonds. The molecule has 0 saturated carbocycles. The average Bonchev–Trinajstić information content (AvgIpc) is 2.38. The number of rotatable bonds is 5. The maximum Gasteiger partial charge on any atom is 0.129 e. The van der Waals surface area contributed by atoms with E-state index in [9.17, 15) is 4.39 Å². The van der Waals surface area contributed by atoms with Crippen LogP contribution >= 0.6 is 23.2 Å². The minimum Gasteiger partial charge on any atom is -0.310 e. The third-order valence-electron chi connectivity index (χ3n) is 3.13. The van der Waals surface area contributed by atoms with Gasteiger partial charge in [-0.25, -0.2) is 4.39 Å². The topological polar surface area (TPSA) is 12.0 Å². The molecule has 0 bridgehead atoms. The highest BCUT2D eigenvalue weighted by molar-refractivity contribution is 6.31. The summed E-state index contributed by atoms with van der Waals surface area (Å²) in [6.45, 7) is 2.72. The molecule has 0 heterocycles. The summed E-state index contributed by atoms with van der Waals surface area (Å²) in [4.78, 5) is 0. The van der Waals surface area contributed by atoms with Crippen LogP contribution in [-0.2, 0) is 6.42 Å². The number of hydrogen-bond acceptors (Lipinski definition) is 1. The smallest absolute Gasteiger partial charge is 0.129 e. The molecular formula is C16H16Cl2FN. The molecule has 1 atom stereocenters. The molecule has 1 nitrogen and oxygen atoms in total. The first kappa shape index (κ1) is 15.3. The van der Waals surface area contributed by atoms with Gasteiger partial charge in [0.25, 0.3) is 0 Å². The zero-order chi connectivity index (χ0) is 14.5. The summed E-state index contributed by atoms with van der Waals surface area (Å²) < 4.78 is 14.1. The van der Waals surface area contributed by atoms with Crippen molar-refractivity contribution in [2.75, 3.05) is 6.54 Å². The molecule has 0 aromatic heterocycles. The molecule has 0 aliphatic carbocycles. The average molecular weight is 312 g/mol. The van der Waals surface area contributed by atoms with E-state index in [-0.39, 0.29) is 11.9 Å². The van der Waals surface area contributed by atoms with Crippen LogP contribution in [0.1, 0.15) is 24.1 Å². The van der Waals surface area contributed by atoms with Gasteiger partial charge in [0.2, 0.25) is 0 Å². The lowest BCUT2D eigenvalue weighted by molar-refractivity contribution is 0.510. The largest absolute Gasteiger partial charge is 0.310 e. The van der Waals surface area contributed by atoms with Gasteiger partial charge in [-0.05, 0) is 42.8 Å². The van der Waals surface area contributed by atoms with E-state index in [1.54, 1.807) is 12.1 Å². The van der Waals surface area contributed by atoms with E-state index in [1.807, 2.05) is 31.2 Å². The van der Waals surface area contributed by atoms with Gasteiger partial charge in [0, 0.05) is 21.7 Å². The molecule has 0 fully saturated rings. The fourth-order valence-corrected chi connectivity index (χ4v) is 2.77. The van der Waals surface area contributed by atoms with E-state index in [1.165, 1.54) is 6.07 Å². The van der Waals surface area contributed by atoms with Crippen molar-refractivity contribution < 1.29 is 4.39 Å².